The Bertz CT molecular complexity index is 1080. The van der Waals surface area contributed by atoms with E-state index in [1.807, 2.05) is 18.7 Å². The molecule has 2 unspecified atom stereocenters. The molecule has 0 bridgehead atoms. The molecular formula is C21H24FN3O4. The van der Waals surface area contributed by atoms with E-state index in [0.717, 1.165) is 6.07 Å². The number of piperazine rings is 1. The minimum atomic E-state index is -0.741. The first-order chi connectivity index (χ1) is 13.8. The Labute approximate surface area is 167 Å². The summed E-state index contributed by atoms with van der Waals surface area (Å²) in [5.74, 6) is -1.55. The maximum Gasteiger partial charge on any atom is 0.343 e. The standard InChI is InChI=1S/C21H24FN3O4/c1-4-29-21(28)14-10-25-12(3)7-16(26)17-18(25)13(20(14)27)8-15(22)19(17)24-6-5-23-11(2)9-24/h8,10-12,23H,4-7,9H2,1-3H3. The third kappa shape index (κ3) is 3.11. The highest BCUT2D eigenvalue weighted by Gasteiger charge is 2.34. The molecule has 3 heterocycles. The second-order valence-corrected chi connectivity index (χ2v) is 7.76. The lowest BCUT2D eigenvalue weighted by atomic mass is 9.92. The maximum absolute atomic E-state index is 15.3. The summed E-state index contributed by atoms with van der Waals surface area (Å²) in [5, 5.41) is 3.34. The molecule has 2 aromatic rings. The van der Waals surface area contributed by atoms with E-state index in [4.69, 9.17) is 4.74 Å². The smallest absolute Gasteiger partial charge is 0.343 e. The molecule has 0 spiro atoms. The minimum absolute atomic E-state index is 0.0369. The van der Waals surface area contributed by atoms with E-state index < -0.39 is 17.2 Å². The average molecular weight is 401 g/mol. The molecule has 2 atom stereocenters. The first-order valence-electron chi connectivity index (χ1n) is 9.93. The maximum atomic E-state index is 15.3. The monoisotopic (exact) mass is 401 g/mol. The van der Waals surface area contributed by atoms with Crippen molar-refractivity contribution in [3.8, 4) is 0 Å². The Balaban J connectivity index is 2.03. The van der Waals surface area contributed by atoms with Crippen molar-refractivity contribution in [3.63, 3.8) is 0 Å². The van der Waals surface area contributed by atoms with Crippen LogP contribution < -0.4 is 15.6 Å². The topological polar surface area (TPSA) is 80.6 Å². The van der Waals surface area contributed by atoms with Crippen molar-refractivity contribution in [1.82, 2.24) is 9.88 Å². The van der Waals surface area contributed by atoms with Crippen LogP contribution in [0.3, 0.4) is 0 Å². The Morgan fingerprint density at radius 1 is 1.34 bits per heavy atom. The fourth-order valence-electron chi connectivity index (χ4n) is 4.36. The Morgan fingerprint density at radius 3 is 2.79 bits per heavy atom. The van der Waals surface area contributed by atoms with Crippen LogP contribution in [0.1, 0.15) is 53.9 Å². The molecule has 1 fully saturated rings. The number of nitrogens with one attached hydrogen (secondary N) is 1. The van der Waals surface area contributed by atoms with Gasteiger partial charge >= 0.3 is 5.97 Å². The number of carbonyl (C=O) groups excluding carboxylic acids is 2. The summed E-state index contributed by atoms with van der Waals surface area (Å²) in [5.41, 5.74) is 0.125. The molecule has 29 heavy (non-hydrogen) atoms. The Hall–Kier alpha value is -2.74. The molecule has 0 amide bonds. The summed E-state index contributed by atoms with van der Waals surface area (Å²) in [6.07, 6.45) is 1.62. The van der Waals surface area contributed by atoms with Gasteiger partial charge in [0.05, 0.1) is 28.8 Å². The number of hydrogen-bond acceptors (Lipinski definition) is 6. The van der Waals surface area contributed by atoms with E-state index >= 15 is 4.39 Å². The highest BCUT2D eigenvalue weighted by atomic mass is 19.1. The zero-order valence-electron chi connectivity index (χ0n) is 16.8. The lowest BCUT2D eigenvalue weighted by molar-refractivity contribution is 0.0524. The van der Waals surface area contributed by atoms with Gasteiger partial charge in [0, 0.05) is 44.3 Å². The number of rotatable bonds is 3. The zero-order chi connectivity index (χ0) is 20.9. The number of carbonyl (C=O) groups is 2. The molecule has 0 saturated carbocycles. The molecule has 154 valence electrons. The van der Waals surface area contributed by atoms with E-state index in [1.54, 1.807) is 11.5 Å². The number of hydrogen-bond donors (Lipinski definition) is 1. The predicted octanol–water partition coefficient (Wildman–Crippen LogP) is 2.26. The number of anilines is 1. The molecule has 1 N–H and O–H groups in total. The highest BCUT2D eigenvalue weighted by Crippen LogP contribution is 2.38. The van der Waals surface area contributed by atoms with Crippen molar-refractivity contribution in [2.75, 3.05) is 31.1 Å². The quantitative estimate of drug-likeness (QED) is 0.795. The Kier molecular flexibility index (Phi) is 4.90. The highest BCUT2D eigenvalue weighted by molar-refractivity contribution is 6.13. The molecule has 1 saturated heterocycles. The van der Waals surface area contributed by atoms with Crippen LogP contribution in [0.15, 0.2) is 17.1 Å². The molecule has 8 heteroatoms. The summed E-state index contributed by atoms with van der Waals surface area (Å²) in [6, 6.07) is 1.05. The van der Waals surface area contributed by atoms with Gasteiger partial charge in [0.15, 0.2) is 5.78 Å². The number of nitrogens with zero attached hydrogens (tertiary/aromatic N) is 2. The van der Waals surface area contributed by atoms with E-state index in [-0.39, 0.29) is 53.1 Å². The van der Waals surface area contributed by atoms with E-state index in [1.165, 1.54) is 6.20 Å². The fraction of sp³-hybridized carbons (Fsp3) is 0.476. The van der Waals surface area contributed by atoms with Crippen LogP contribution in [-0.4, -0.2) is 48.6 Å². The van der Waals surface area contributed by atoms with Gasteiger partial charge in [0.1, 0.15) is 11.4 Å². The number of benzene rings is 1. The van der Waals surface area contributed by atoms with Gasteiger partial charge in [-0.25, -0.2) is 9.18 Å². The third-order valence-corrected chi connectivity index (χ3v) is 5.66. The molecule has 0 radical (unpaired) electrons. The minimum Gasteiger partial charge on any atom is -0.462 e. The second kappa shape index (κ2) is 7.26. The molecule has 2 aliphatic rings. The molecule has 1 aromatic heterocycles. The van der Waals surface area contributed by atoms with Gasteiger partial charge < -0.3 is 19.5 Å². The molecule has 2 aliphatic heterocycles. The first-order valence-corrected chi connectivity index (χ1v) is 9.93. The van der Waals surface area contributed by atoms with Crippen LogP contribution in [0.2, 0.25) is 0 Å². The van der Waals surface area contributed by atoms with Crippen LogP contribution >= 0.6 is 0 Å². The normalized spacial score (nSPS) is 21.5. The van der Waals surface area contributed by atoms with Crippen molar-refractivity contribution in [3.05, 3.63) is 39.4 Å². The van der Waals surface area contributed by atoms with Crippen LogP contribution in [0.25, 0.3) is 10.9 Å². The lowest BCUT2D eigenvalue weighted by Gasteiger charge is -2.36. The largest absolute Gasteiger partial charge is 0.462 e. The van der Waals surface area contributed by atoms with Gasteiger partial charge in [-0.3, -0.25) is 9.59 Å². The van der Waals surface area contributed by atoms with Gasteiger partial charge in [0.25, 0.3) is 0 Å². The van der Waals surface area contributed by atoms with Gasteiger partial charge in [-0.1, -0.05) is 0 Å². The summed E-state index contributed by atoms with van der Waals surface area (Å²) < 4.78 is 22.0. The van der Waals surface area contributed by atoms with Crippen molar-refractivity contribution >= 4 is 28.3 Å². The van der Waals surface area contributed by atoms with Crippen LogP contribution in [0, 0.1) is 5.82 Å². The van der Waals surface area contributed by atoms with E-state index in [9.17, 15) is 14.4 Å². The molecule has 7 nitrogen and oxygen atoms in total. The number of halogens is 1. The summed E-state index contributed by atoms with van der Waals surface area (Å²) in [6.45, 7) is 7.43. The number of esters is 1. The molecule has 0 aliphatic carbocycles. The van der Waals surface area contributed by atoms with E-state index in [0.29, 0.717) is 25.2 Å². The molecule has 4 rings (SSSR count). The molecular weight excluding hydrogens is 377 g/mol. The van der Waals surface area contributed by atoms with Crippen molar-refractivity contribution < 1.29 is 18.7 Å². The number of Topliss-reactive ketones (excluding diaryl/α,β-unsaturated/α-hetero) is 1. The number of pyridine rings is 1. The predicted molar refractivity (Wildman–Crippen MR) is 107 cm³/mol. The summed E-state index contributed by atoms with van der Waals surface area (Å²) in [7, 11) is 0. The van der Waals surface area contributed by atoms with Crippen LogP contribution in [0.5, 0.6) is 0 Å². The lowest BCUT2D eigenvalue weighted by Crippen LogP contribution is -2.50. The van der Waals surface area contributed by atoms with Crippen LogP contribution in [-0.2, 0) is 4.74 Å². The summed E-state index contributed by atoms with van der Waals surface area (Å²) in [4.78, 5) is 40.1. The third-order valence-electron chi connectivity index (χ3n) is 5.66. The van der Waals surface area contributed by atoms with Gasteiger partial charge in [0.2, 0.25) is 5.43 Å². The second-order valence-electron chi connectivity index (χ2n) is 7.76. The molecule has 1 aromatic carbocycles. The van der Waals surface area contributed by atoms with E-state index in [2.05, 4.69) is 5.32 Å². The van der Waals surface area contributed by atoms with Gasteiger partial charge in [-0.2, -0.15) is 0 Å². The SMILES string of the molecule is CCOC(=O)c1cn2c3c(c(N4CCNC(C)C4)c(F)cc3c1=O)C(=O)CC2C. The van der Waals surface area contributed by atoms with Crippen LogP contribution in [0.4, 0.5) is 10.1 Å². The van der Waals surface area contributed by atoms with Gasteiger partial charge in [-0.05, 0) is 26.8 Å². The van der Waals surface area contributed by atoms with Crippen molar-refractivity contribution in [2.24, 2.45) is 0 Å². The summed E-state index contributed by atoms with van der Waals surface area (Å²) >= 11 is 0. The number of ketones is 1. The van der Waals surface area contributed by atoms with Crippen molar-refractivity contribution in [2.45, 2.75) is 39.3 Å². The first kappa shape index (κ1) is 19.6. The number of aromatic nitrogens is 1. The zero-order valence-corrected chi connectivity index (χ0v) is 16.8. The fourth-order valence-corrected chi connectivity index (χ4v) is 4.36. The van der Waals surface area contributed by atoms with Gasteiger partial charge in [-0.15, -0.1) is 0 Å². The Morgan fingerprint density at radius 2 is 2.10 bits per heavy atom. The average Bonchev–Trinajstić information content (AvgIpc) is 2.66. The number of ether oxygens (including phenoxy) is 1. The van der Waals surface area contributed by atoms with Crippen molar-refractivity contribution in [1.29, 1.82) is 0 Å².